The van der Waals surface area contributed by atoms with Crippen molar-refractivity contribution in [2.75, 3.05) is 6.54 Å². The van der Waals surface area contributed by atoms with E-state index < -0.39 is 13.7 Å². The SMILES string of the molecule is C[Si](C)(C)C1CCCC(O)(CN)C1. The van der Waals surface area contributed by atoms with E-state index in [1.807, 2.05) is 0 Å². The molecule has 3 N–H and O–H groups in total. The van der Waals surface area contributed by atoms with E-state index in [-0.39, 0.29) is 0 Å². The van der Waals surface area contributed by atoms with Gasteiger partial charge in [-0.3, -0.25) is 0 Å². The maximum Gasteiger partial charge on any atom is 0.0769 e. The first-order valence-corrected chi connectivity index (χ1v) is 8.88. The Morgan fingerprint density at radius 1 is 1.46 bits per heavy atom. The molecule has 0 radical (unpaired) electrons. The summed E-state index contributed by atoms with van der Waals surface area (Å²) in [5.74, 6) is 0. The Labute approximate surface area is 82.5 Å². The van der Waals surface area contributed by atoms with Crippen LogP contribution in [0.1, 0.15) is 25.7 Å². The number of nitrogens with two attached hydrogens (primary N) is 1. The average molecular weight is 201 g/mol. The van der Waals surface area contributed by atoms with E-state index in [1.54, 1.807) is 0 Å². The molecule has 0 aromatic carbocycles. The van der Waals surface area contributed by atoms with Crippen LogP contribution in [0.5, 0.6) is 0 Å². The summed E-state index contributed by atoms with van der Waals surface area (Å²) in [6, 6.07) is 0. The summed E-state index contributed by atoms with van der Waals surface area (Å²) in [6.07, 6.45) is 4.31. The topological polar surface area (TPSA) is 46.2 Å². The van der Waals surface area contributed by atoms with Gasteiger partial charge in [0.1, 0.15) is 0 Å². The molecule has 1 saturated carbocycles. The Bertz CT molecular complexity index is 178. The summed E-state index contributed by atoms with van der Waals surface area (Å²) in [6.45, 7) is 7.60. The van der Waals surface area contributed by atoms with Crippen molar-refractivity contribution < 1.29 is 5.11 Å². The standard InChI is InChI=1S/C10H23NOSi/c1-13(2,3)9-5-4-6-10(12,7-9)8-11/h9,12H,4-8,11H2,1-3H3. The second kappa shape index (κ2) is 3.71. The fourth-order valence-electron chi connectivity index (χ4n) is 2.26. The Balaban J connectivity index is 2.62. The molecule has 0 aromatic rings. The monoisotopic (exact) mass is 201 g/mol. The third-order valence-electron chi connectivity index (χ3n) is 3.43. The van der Waals surface area contributed by atoms with Gasteiger partial charge in [-0.15, -0.1) is 0 Å². The van der Waals surface area contributed by atoms with Gasteiger partial charge in [0, 0.05) is 14.6 Å². The lowest BCUT2D eigenvalue weighted by molar-refractivity contribution is 0.0120. The first kappa shape index (κ1) is 11.2. The van der Waals surface area contributed by atoms with E-state index >= 15 is 0 Å². The number of aliphatic hydroxyl groups is 1. The van der Waals surface area contributed by atoms with Crippen LogP contribution < -0.4 is 5.73 Å². The lowest BCUT2D eigenvalue weighted by atomic mass is 9.84. The van der Waals surface area contributed by atoms with Crippen LogP contribution in [0.3, 0.4) is 0 Å². The molecule has 2 atom stereocenters. The molecule has 1 aliphatic carbocycles. The number of hydrogen-bond donors (Lipinski definition) is 2. The molecule has 0 spiro atoms. The highest BCUT2D eigenvalue weighted by molar-refractivity contribution is 6.77. The van der Waals surface area contributed by atoms with Crippen LogP contribution in [0, 0.1) is 0 Å². The van der Waals surface area contributed by atoms with Gasteiger partial charge in [-0.2, -0.15) is 0 Å². The van der Waals surface area contributed by atoms with E-state index in [0.717, 1.165) is 24.8 Å². The molecular formula is C10H23NOSi. The van der Waals surface area contributed by atoms with Crippen LogP contribution >= 0.6 is 0 Å². The minimum atomic E-state index is -1.08. The van der Waals surface area contributed by atoms with Crippen LogP contribution in [0.4, 0.5) is 0 Å². The zero-order chi connectivity index (χ0) is 10.1. The summed E-state index contributed by atoms with van der Waals surface area (Å²) >= 11 is 0. The van der Waals surface area contributed by atoms with Gasteiger partial charge < -0.3 is 10.8 Å². The molecule has 0 bridgehead atoms. The molecule has 78 valence electrons. The molecule has 1 aliphatic rings. The molecule has 0 saturated heterocycles. The lowest BCUT2D eigenvalue weighted by Gasteiger charge is -2.41. The second-order valence-corrected chi connectivity index (χ2v) is 11.1. The maximum atomic E-state index is 10.1. The van der Waals surface area contributed by atoms with Crippen LogP contribution in [0.25, 0.3) is 0 Å². The van der Waals surface area contributed by atoms with Gasteiger partial charge in [-0.05, 0) is 18.4 Å². The van der Waals surface area contributed by atoms with Crippen molar-refractivity contribution in [2.45, 2.75) is 56.5 Å². The predicted octanol–water partition coefficient (Wildman–Crippen LogP) is 1.96. The van der Waals surface area contributed by atoms with Gasteiger partial charge in [-0.1, -0.05) is 32.5 Å². The van der Waals surface area contributed by atoms with E-state index in [2.05, 4.69) is 19.6 Å². The first-order chi connectivity index (χ1) is 5.87. The van der Waals surface area contributed by atoms with Crippen LogP contribution in [0.2, 0.25) is 25.2 Å². The fourth-order valence-corrected chi connectivity index (χ4v) is 4.33. The van der Waals surface area contributed by atoms with E-state index in [0.29, 0.717) is 6.54 Å². The highest BCUT2D eigenvalue weighted by Crippen LogP contribution is 2.41. The molecule has 1 fully saturated rings. The van der Waals surface area contributed by atoms with Crippen LogP contribution in [0.15, 0.2) is 0 Å². The van der Waals surface area contributed by atoms with Crippen molar-refractivity contribution in [3.63, 3.8) is 0 Å². The minimum Gasteiger partial charge on any atom is -0.389 e. The van der Waals surface area contributed by atoms with Gasteiger partial charge in [0.2, 0.25) is 0 Å². The van der Waals surface area contributed by atoms with Crippen molar-refractivity contribution in [1.29, 1.82) is 0 Å². The Morgan fingerprint density at radius 3 is 2.54 bits per heavy atom. The molecule has 0 aromatic heterocycles. The van der Waals surface area contributed by atoms with Gasteiger partial charge in [0.25, 0.3) is 0 Å². The number of rotatable bonds is 2. The fraction of sp³-hybridized carbons (Fsp3) is 1.00. The number of hydrogen-bond acceptors (Lipinski definition) is 2. The average Bonchev–Trinajstić information content (AvgIpc) is 2.03. The molecule has 13 heavy (non-hydrogen) atoms. The zero-order valence-electron chi connectivity index (χ0n) is 9.14. The van der Waals surface area contributed by atoms with Crippen LogP contribution in [-0.4, -0.2) is 25.3 Å². The Kier molecular flexibility index (Phi) is 3.20. The van der Waals surface area contributed by atoms with Gasteiger partial charge in [0.15, 0.2) is 0 Å². The van der Waals surface area contributed by atoms with Gasteiger partial charge in [-0.25, -0.2) is 0 Å². The summed E-state index contributed by atoms with van der Waals surface area (Å²) in [5, 5.41) is 10.1. The molecule has 0 heterocycles. The van der Waals surface area contributed by atoms with Crippen molar-refractivity contribution in [3.05, 3.63) is 0 Å². The Morgan fingerprint density at radius 2 is 2.08 bits per heavy atom. The molecular weight excluding hydrogens is 178 g/mol. The lowest BCUT2D eigenvalue weighted by Crippen LogP contribution is -2.45. The zero-order valence-corrected chi connectivity index (χ0v) is 10.1. The van der Waals surface area contributed by atoms with Crippen LogP contribution in [-0.2, 0) is 0 Å². The molecule has 2 unspecified atom stereocenters. The van der Waals surface area contributed by atoms with Crippen molar-refractivity contribution >= 4 is 8.07 Å². The quantitative estimate of drug-likeness (QED) is 0.671. The molecule has 0 amide bonds. The predicted molar refractivity (Wildman–Crippen MR) is 59.6 cm³/mol. The van der Waals surface area contributed by atoms with E-state index in [1.165, 1.54) is 6.42 Å². The third-order valence-corrected chi connectivity index (χ3v) is 6.37. The van der Waals surface area contributed by atoms with Gasteiger partial charge >= 0.3 is 0 Å². The highest BCUT2D eigenvalue weighted by atomic mass is 28.3. The van der Waals surface area contributed by atoms with Gasteiger partial charge in [0.05, 0.1) is 5.60 Å². The molecule has 3 heteroatoms. The van der Waals surface area contributed by atoms with Crippen molar-refractivity contribution in [2.24, 2.45) is 5.73 Å². The highest BCUT2D eigenvalue weighted by Gasteiger charge is 2.38. The second-order valence-electron chi connectivity index (χ2n) is 5.59. The van der Waals surface area contributed by atoms with E-state index in [4.69, 9.17) is 5.73 Å². The smallest absolute Gasteiger partial charge is 0.0769 e. The maximum absolute atomic E-state index is 10.1. The molecule has 1 rings (SSSR count). The van der Waals surface area contributed by atoms with Crippen molar-refractivity contribution in [1.82, 2.24) is 0 Å². The first-order valence-electron chi connectivity index (χ1n) is 5.30. The molecule has 2 nitrogen and oxygen atoms in total. The van der Waals surface area contributed by atoms with Crippen molar-refractivity contribution in [3.8, 4) is 0 Å². The normalized spacial score (nSPS) is 36.2. The third kappa shape index (κ3) is 2.79. The summed E-state index contributed by atoms with van der Waals surface area (Å²) < 4.78 is 0. The largest absolute Gasteiger partial charge is 0.389 e. The summed E-state index contributed by atoms with van der Waals surface area (Å²) in [4.78, 5) is 0. The summed E-state index contributed by atoms with van der Waals surface area (Å²) in [7, 11) is -1.08. The van der Waals surface area contributed by atoms with E-state index in [9.17, 15) is 5.11 Å². The Hall–Kier alpha value is 0.137. The summed E-state index contributed by atoms with van der Waals surface area (Å²) in [5.41, 5.74) is 5.83. The molecule has 0 aliphatic heterocycles. The minimum absolute atomic E-state index is 0.438.